The van der Waals surface area contributed by atoms with Gasteiger partial charge in [-0.1, -0.05) is 45.0 Å². The summed E-state index contributed by atoms with van der Waals surface area (Å²) in [6.45, 7) is 10.2. The van der Waals surface area contributed by atoms with Crippen LogP contribution in [-0.2, 0) is 0 Å². The lowest BCUT2D eigenvalue weighted by molar-refractivity contribution is 0.255. The van der Waals surface area contributed by atoms with E-state index in [0.717, 1.165) is 16.8 Å². The average molecular weight is 246 g/mol. The van der Waals surface area contributed by atoms with Crippen LogP contribution in [0.4, 0.5) is 10.5 Å². The Labute approximate surface area is 109 Å². The summed E-state index contributed by atoms with van der Waals surface area (Å²) in [5.41, 5.74) is 3.06. The van der Waals surface area contributed by atoms with Crippen molar-refractivity contribution in [2.45, 2.75) is 34.6 Å². The topological polar surface area (TPSA) is 41.1 Å². The molecule has 0 saturated carbocycles. The lowest BCUT2D eigenvalue weighted by atomic mass is 9.97. The van der Waals surface area contributed by atoms with Gasteiger partial charge in [-0.3, -0.25) is 0 Å². The summed E-state index contributed by atoms with van der Waals surface area (Å²) in [6.07, 6.45) is 3.64. The number of benzene rings is 1. The molecule has 1 aromatic carbocycles. The average Bonchev–Trinajstić information content (AvgIpc) is 2.22. The van der Waals surface area contributed by atoms with Gasteiger partial charge in [-0.05, 0) is 30.4 Å². The molecule has 18 heavy (non-hydrogen) atoms. The van der Waals surface area contributed by atoms with Gasteiger partial charge in [0.15, 0.2) is 0 Å². The van der Waals surface area contributed by atoms with Crippen molar-refractivity contribution in [3.63, 3.8) is 0 Å². The summed E-state index contributed by atoms with van der Waals surface area (Å²) < 4.78 is 0. The normalized spacial score (nSPS) is 11.6. The molecule has 0 unspecified atom stereocenters. The molecule has 3 nitrogen and oxygen atoms in total. The molecule has 0 aliphatic carbocycles. The van der Waals surface area contributed by atoms with Gasteiger partial charge in [-0.2, -0.15) is 0 Å². The maximum Gasteiger partial charge on any atom is 0.323 e. The fourth-order valence-electron chi connectivity index (χ4n) is 1.53. The molecular weight excluding hydrogens is 224 g/mol. The third-order valence-corrected chi connectivity index (χ3v) is 2.52. The Morgan fingerprint density at radius 1 is 1.17 bits per heavy atom. The predicted molar refractivity (Wildman–Crippen MR) is 76.7 cm³/mol. The standard InChI is InChI=1S/C15H22N2O/c1-11-7-6-8-12(2)13(11)17-14(18)16-10-9-15(3,4)5/h6-10H,1-5H3,(H2,16,17,18)/b10-9+. The number of rotatable bonds is 2. The first-order chi connectivity index (χ1) is 8.29. The Bertz CT molecular complexity index is 436. The van der Waals surface area contributed by atoms with Crippen LogP contribution in [0.15, 0.2) is 30.5 Å². The smallest absolute Gasteiger partial charge is 0.315 e. The van der Waals surface area contributed by atoms with Crippen molar-refractivity contribution in [2.24, 2.45) is 5.41 Å². The maximum absolute atomic E-state index is 11.7. The van der Waals surface area contributed by atoms with Gasteiger partial charge < -0.3 is 10.6 Å². The van der Waals surface area contributed by atoms with E-state index in [-0.39, 0.29) is 11.4 Å². The molecule has 0 spiro atoms. The first-order valence-corrected chi connectivity index (χ1v) is 6.11. The molecule has 0 atom stereocenters. The van der Waals surface area contributed by atoms with Crippen LogP contribution in [0.1, 0.15) is 31.9 Å². The summed E-state index contributed by atoms with van der Waals surface area (Å²) in [7, 11) is 0. The summed E-state index contributed by atoms with van der Waals surface area (Å²) in [4.78, 5) is 11.7. The Morgan fingerprint density at radius 2 is 1.72 bits per heavy atom. The Morgan fingerprint density at radius 3 is 2.22 bits per heavy atom. The highest BCUT2D eigenvalue weighted by Crippen LogP contribution is 2.19. The minimum atomic E-state index is -0.215. The zero-order valence-corrected chi connectivity index (χ0v) is 11.8. The third kappa shape index (κ3) is 4.62. The molecule has 0 bridgehead atoms. The van der Waals surface area contributed by atoms with Crippen molar-refractivity contribution in [2.75, 3.05) is 5.32 Å². The second kappa shape index (κ2) is 5.71. The van der Waals surface area contributed by atoms with Gasteiger partial charge in [0.25, 0.3) is 0 Å². The Balaban J connectivity index is 2.63. The molecule has 2 amide bonds. The predicted octanol–water partition coefficient (Wildman–Crippen LogP) is 3.98. The van der Waals surface area contributed by atoms with Gasteiger partial charge >= 0.3 is 6.03 Å². The molecule has 0 radical (unpaired) electrons. The van der Waals surface area contributed by atoms with Gasteiger partial charge in [-0.25, -0.2) is 4.79 Å². The van der Waals surface area contributed by atoms with Crippen molar-refractivity contribution in [1.82, 2.24) is 5.32 Å². The van der Waals surface area contributed by atoms with Crippen molar-refractivity contribution >= 4 is 11.7 Å². The molecule has 3 heteroatoms. The molecule has 0 heterocycles. The van der Waals surface area contributed by atoms with Gasteiger partial charge in [-0.15, -0.1) is 0 Å². The van der Waals surface area contributed by atoms with Crippen molar-refractivity contribution in [1.29, 1.82) is 0 Å². The summed E-state index contributed by atoms with van der Waals surface area (Å²) >= 11 is 0. The maximum atomic E-state index is 11.7. The molecular formula is C15H22N2O. The molecule has 0 aliphatic rings. The summed E-state index contributed by atoms with van der Waals surface area (Å²) in [5, 5.41) is 5.57. The van der Waals surface area contributed by atoms with Crippen molar-refractivity contribution < 1.29 is 4.79 Å². The van der Waals surface area contributed by atoms with E-state index in [9.17, 15) is 4.79 Å². The quantitative estimate of drug-likeness (QED) is 0.814. The number of aryl methyl sites for hydroxylation is 2. The minimum Gasteiger partial charge on any atom is -0.315 e. The molecule has 98 valence electrons. The molecule has 2 N–H and O–H groups in total. The lowest BCUT2D eigenvalue weighted by Gasteiger charge is -2.13. The van der Waals surface area contributed by atoms with Crippen LogP contribution in [0.3, 0.4) is 0 Å². The number of anilines is 1. The van der Waals surface area contributed by atoms with Crippen LogP contribution in [0.5, 0.6) is 0 Å². The molecule has 0 aromatic heterocycles. The number of hydrogen-bond acceptors (Lipinski definition) is 1. The van der Waals surface area contributed by atoms with E-state index < -0.39 is 0 Å². The van der Waals surface area contributed by atoms with Crippen LogP contribution in [0, 0.1) is 19.3 Å². The number of carbonyl (C=O) groups is 1. The number of hydrogen-bond donors (Lipinski definition) is 2. The molecule has 1 aromatic rings. The van der Waals surface area contributed by atoms with Gasteiger partial charge in [0.05, 0.1) is 0 Å². The number of para-hydroxylation sites is 1. The number of allylic oxidation sites excluding steroid dienone is 1. The van der Waals surface area contributed by atoms with Crippen molar-refractivity contribution in [3.8, 4) is 0 Å². The van der Waals surface area contributed by atoms with E-state index in [0.29, 0.717) is 0 Å². The minimum absolute atomic E-state index is 0.0614. The Hall–Kier alpha value is -1.77. The highest BCUT2D eigenvalue weighted by atomic mass is 16.2. The zero-order valence-electron chi connectivity index (χ0n) is 11.8. The first-order valence-electron chi connectivity index (χ1n) is 6.11. The summed E-state index contributed by atoms with van der Waals surface area (Å²) in [5.74, 6) is 0. The highest BCUT2D eigenvalue weighted by Gasteiger charge is 2.06. The van der Waals surface area contributed by atoms with Crippen LogP contribution >= 0.6 is 0 Å². The molecule has 1 rings (SSSR count). The second-order valence-electron chi connectivity index (χ2n) is 5.56. The van der Waals surface area contributed by atoms with E-state index in [4.69, 9.17) is 0 Å². The van der Waals surface area contributed by atoms with Gasteiger partial charge in [0.1, 0.15) is 0 Å². The van der Waals surface area contributed by atoms with Crippen LogP contribution in [0.25, 0.3) is 0 Å². The number of amides is 2. The number of nitrogens with one attached hydrogen (secondary N) is 2. The lowest BCUT2D eigenvalue weighted by Crippen LogP contribution is -2.25. The van der Waals surface area contributed by atoms with E-state index in [2.05, 4.69) is 31.4 Å². The van der Waals surface area contributed by atoms with Gasteiger partial charge in [0, 0.05) is 11.9 Å². The first kappa shape index (κ1) is 14.3. The van der Waals surface area contributed by atoms with Crippen LogP contribution in [-0.4, -0.2) is 6.03 Å². The monoisotopic (exact) mass is 246 g/mol. The van der Waals surface area contributed by atoms with Crippen LogP contribution < -0.4 is 10.6 Å². The van der Waals surface area contributed by atoms with Gasteiger partial charge in [0.2, 0.25) is 0 Å². The summed E-state index contributed by atoms with van der Waals surface area (Å²) in [6, 6.07) is 5.72. The third-order valence-electron chi connectivity index (χ3n) is 2.52. The van der Waals surface area contributed by atoms with E-state index in [1.807, 2.05) is 38.1 Å². The van der Waals surface area contributed by atoms with Crippen LogP contribution in [0.2, 0.25) is 0 Å². The highest BCUT2D eigenvalue weighted by molar-refractivity contribution is 5.91. The zero-order chi connectivity index (χ0) is 13.8. The van der Waals surface area contributed by atoms with E-state index >= 15 is 0 Å². The molecule has 0 fully saturated rings. The van der Waals surface area contributed by atoms with E-state index in [1.54, 1.807) is 6.20 Å². The molecule has 0 saturated heterocycles. The second-order valence-corrected chi connectivity index (χ2v) is 5.56. The SMILES string of the molecule is Cc1cccc(C)c1NC(=O)N/C=C/C(C)(C)C. The fraction of sp³-hybridized carbons (Fsp3) is 0.400. The van der Waals surface area contributed by atoms with Crippen molar-refractivity contribution in [3.05, 3.63) is 41.6 Å². The number of urea groups is 1. The largest absolute Gasteiger partial charge is 0.323 e. The Kier molecular flexibility index (Phi) is 4.54. The fourth-order valence-corrected chi connectivity index (χ4v) is 1.53. The number of carbonyl (C=O) groups excluding carboxylic acids is 1. The molecule has 0 aliphatic heterocycles. The van der Waals surface area contributed by atoms with E-state index in [1.165, 1.54) is 0 Å².